The van der Waals surface area contributed by atoms with Crippen molar-refractivity contribution >= 4 is 11.5 Å². The molecule has 0 aliphatic heterocycles. The van der Waals surface area contributed by atoms with Crippen LogP contribution in [0.1, 0.15) is 4.88 Å². The molecular formula is C14H18N2O2S. The molecule has 2 aromatic rings. The lowest BCUT2D eigenvalue weighted by Crippen LogP contribution is -2.17. The highest BCUT2D eigenvalue weighted by Gasteiger charge is 2.05. The molecule has 1 aromatic heterocycles. The van der Waals surface area contributed by atoms with Crippen LogP contribution in [0.5, 0.6) is 5.75 Å². The second kappa shape index (κ2) is 7.23. The first kappa shape index (κ1) is 14.0. The van der Waals surface area contributed by atoms with Crippen LogP contribution in [0.2, 0.25) is 0 Å². The fourth-order valence-electron chi connectivity index (χ4n) is 1.70. The second-order valence-corrected chi connectivity index (χ2v) is 4.97. The van der Waals surface area contributed by atoms with Gasteiger partial charge in [-0.3, -0.25) is 0 Å². The van der Waals surface area contributed by atoms with Gasteiger partial charge in [-0.25, -0.2) is 0 Å². The molecule has 0 aliphatic rings. The lowest BCUT2D eigenvalue weighted by molar-refractivity contribution is 0.199. The Kier molecular flexibility index (Phi) is 5.32. The number of rotatable bonds is 7. The first-order valence-corrected chi connectivity index (χ1v) is 6.90. The molecule has 19 heavy (non-hydrogen) atoms. The fraction of sp³-hybridized carbons (Fsp3) is 0.357. The van der Waals surface area contributed by atoms with E-state index in [-0.39, 0.29) is 0 Å². The molecule has 2 rings (SSSR count). The molecule has 5 heteroatoms. The van der Waals surface area contributed by atoms with E-state index < -0.39 is 0 Å². The molecular weight excluding hydrogens is 260 g/mol. The lowest BCUT2D eigenvalue weighted by Gasteiger charge is -2.01. The Hall–Kier alpha value is -1.43. The minimum Gasteiger partial charge on any atom is -0.497 e. The van der Waals surface area contributed by atoms with Crippen LogP contribution < -0.4 is 10.1 Å². The third-order valence-corrected chi connectivity index (χ3v) is 3.49. The van der Waals surface area contributed by atoms with Gasteiger partial charge >= 0.3 is 0 Å². The van der Waals surface area contributed by atoms with Crippen molar-refractivity contribution in [3.05, 3.63) is 35.2 Å². The van der Waals surface area contributed by atoms with Crippen LogP contribution in [0.4, 0.5) is 0 Å². The summed E-state index contributed by atoms with van der Waals surface area (Å²) in [6.07, 6.45) is 0. The molecule has 0 spiro atoms. The predicted octanol–water partition coefficient (Wildman–Crippen LogP) is 2.55. The highest BCUT2D eigenvalue weighted by molar-refractivity contribution is 7.06. The van der Waals surface area contributed by atoms with Crippen LogP contribution in [0, 0.1) is 0 Å². The third kappa shape index (κ3) is 4.02. The molecule has 0 atom stereocenters. The first-order chi connectivity index (χ1) is 9.33. The average Bonchev–Trinajstić information content (AvgIpc) is 2.92. The Balaban J connectivity index is 1.99. The minimum atomic E-state index is 0.724. The molecule has 0 radical (unpaired) electrons. The van der Waals surface area contributed by atoms with Gasteiger partial charge in [0.05, 0.1) is 19.4 Å². The summed E-state index contributed by atoms with van der Waals surface area (Å²) < 4.78 is 14.7. The zero-order chi connectivity index (χ0) is 13.5. The standard InChI is InChI=1S/C14H18N2O2S/c1-17-7-6-15-10-13-9-14(16-19-13)11-4-3-5-12(8-11)18-2/h3-5,8-9,15H,6-7,10H2,1-2H3. The van der Waals surface area contributed by atoms with E-state index in [0.717, 1.165) is 36.7 Å². The molecule has 0 saturated heterocycles. The molecule has 0 unspecified atom stereocenters. The third-order valence-electron chi connectivity index (χ3n) is 2.71. The van der Waals surface area contributed by atoms with E-state index in [2.05, 4.69) is 15.8 Å². The van der Waals surface area contributed by atoms with Gasteiger partial charge < -0.3 is 14.8 Å². The van der Waals surface area contributed by atoms with Gasteiger partial charge in [-0.15, -0.1) is 0 Å². The van der Waals surface area contributed by atoms with Gasteiger partial charge in [0, 0.05) is 30.6 Å². The van der Waals surface area contributed by atoms with Crippen molar-refractivity contribution < 1.29 is 9.47 Å². The Labute approximate surface area is 117 Å². The van der Waals surface area contributed by atoms with Crippen molar-refractivity contribution in [2.45, 2.75) is 6.54 Å². The van der Waals surface area contributed by atoms with Crippen molar-refractivity contribution in [2.75, 3.05) is 27.4 Å². The van der Waals surface area contributed by atoms with E-state index in [0.29, 0.717) is 0 Å². The molecule has 0 fully saturated rings. The molecule has 1 aromatic carbocycles. The average molecular weight is 278 g/mol. The van der Waals surface area contributed by atoms with Crippen molar-refractivity contribution in [1.82, 2.24) is 9.69 Å². The molecule has 0 bridgehead atoms. The van der Waals surface area contributed by atoms with E-state index in [1.165, 1.54) is 16.4 Å². The largest absolute Gasteiger partial charge is 0.497 e. The highest BCUT2D eigenvalue weighted by Crippen LogP contribution is 2.25. The summed E-state index contributed by atoms with van der Waals surface area (Å²) in [5, 5.41) is 3.31. The number of methoxy groups -OCH3 is 2. The maximum absolute atomic E-state index is 5.22. The van der Waals surface area contributed by atoms with Crippen LogP contribution in [0.3, 0.4) is 0 Å². The molecule has 1 N–H and O–H groups in total. The van der Waals surface area contributed by atoms with Crippen LogP contribution in [-0.4, -0.2) is 31.7 Å². The molecule has 4 nitrogen and oxygen atoms in total. The van der Waals surface area contributed by atoms with Gasteiger partial charge in [0.25, 0.3) is 0 Å². The molecule has 0 aliphatic carbocycles. The maximum atomic E-state index is 5.22. The van der Waals surface area contributed by atoms with Crippen LogP contribution in [-0.2, 0) is 11.3 Å². The van der Waals surface area contributed by atoms with Gasteiger partial charge in [-0.1, -0.05) is 12.1 Å². The van der Waals surface area contributed by atoms with Crippen LogP contribution in [0.25, 0.3) is 11.3 Å². The van der Waals surface area contributed by atoms with Crippen molar-refractivity contribution in [3.63, 3.8) is 0 Å². The Morgan fingerprint density at radius 1 is 1.26 bits per heavy atom. The smallest absolute Gasteiger partial charge is 0.119 e. The molecule has 0 saturated carbocycles. The van der Waals surface area contributed by atoms with Crippen molar-refractivity contribution in [3.8, 4) is 17.0 Å². The Morgan fingerprint density at radius 2 is 2.16 bits per heavy atom. The van der Waals surface area contributed by atoms with Crippen molar-refractivity contribution in [2.24, 2.45) is 0 Å². The minimum absolute atomic E-state index is 0.724. The summed E-state index contributed by atoms with van der Waals surface area (Å²) >= 11 is 1.52. The van der Waals surface area contributed by atoms with E-state index in [4.69, 9.17) is 9.47 Å². The Morgan fingerprint density at radius 3 is 2.95 bits per heavy atom. The molecule has 1 heterocycles. The van der Waals surface area contributed by atoms with Crippen LogP contribution >= 0.6 is 11.5 Å². The summed E-state index contributed by atoms with van der Waals surface area (Å²) in [6, 6.07) is 10.1. The van der Waals surface area contributed by atoms with Gasteiger partial charge in [-0.2, -0.15) is 4.37 Å². The summed E-state index contributed by atoms with van der Waals surface area (Å²) in [4.78, 5) is 1.22. The number of hydrogen-bond acceptors (Lipinski definition) is 5. The fourth-order valence-corrected chi connectivity index (χ4v) is 2.41. The van der Waals surface area contributed by atoms with Crippen LogP contribution in [0.15, 0.2) is 30.3 Å². The SMILES string of the molecule is COCCNCc1cc(-c2cccc(OC)c2)ns1. The predicted molar refractivity (Wildman–Crippen MR) is 77.7 cm³/mol. The zero-order valence-electron chi connectivity index (χ0n) is 11.2. The highest BCUT2D eigenvalue weighted by atomic mass is 32.1. The van der Waals surface area contributed by atoms with Gasteiger partial charge in [0.2, 0.25) is 0 Å². The zero-order valence-corrected chi connectivity index (χ0v) is 12.0. The monoisotopic (exact) mass is 278 g/mol. The van der Waals surface area contributed by atoms with Gasteiger partial charge in [0.1, 0.15) is 5.75 Å². The number of ether oxygens (including phenoxy) is 2. The lowest BCUT2D eigenvalue weighted by atomic mass is 10.1. The van der Waals surface area contributed by atoms with E-state index >= 15 is 0 Å². The summed E-state index contributed by atoms with van der Waals surface area (Å²) in [5.74, 6) is 0.852. The quantitative estimate of drug-likeness (QED) is 0.791. The summed E-state index contributed by atoms with van der Waals surface area (Å²) in [5.41, 5.74) is 2.08. The topological polar surface area (TPSA) is 43.4 Å². The van der Waals surface area contributed by atoms with E-state index in [9.17, 15) is 0 Å². The van der Waals surface area contributed by atoms with Gasteiger partial charge in [0.15, 0.2) is 0 Å². The number of hydrogen-bond donors (Lipinski definition) is 1. The first-order valence-electron chi connectivity index (χ1n) is 6.13. The van der Waals surface area contributed by atoms with E-state index in [1.54, 1.807) is 14.2 Å². The summed E-state index contributed by atoms with van der Waals surface area (Å²) in [7, 11) is 3.38. The number of nitrogens with one attached hydrogen (secondary N) is 1. The molecule has 102 valence electrons. The second-order valence-electron chi connectivity index (χ2n) is 4.08. The maximum Gasteiger partial charge on any atom is 0.119 e. The normalized spacial score (nSPS) is 10.6. The number of benzene rings is 1. The number of aromatic nitrogens is 1. The van der Waals surface area contributed by atoms with E-state index in [1.807, 2.05) is 24.3 Å². The summed E-state index contributed by atoms with van der Waals surface area (Å²) in [6.45, 7) is 2.40. The van der Waals surface area contributed by atoms with Crippen molar-refractivity contribution in [1.29, 1.82) is 0 Å². The molecule has 0 amide bonds. The van der Waals surface area contributed by atoms with Gasteiger partial charge in [-0.05, 0) is 29.7 Å². The number of nitrogens with zero attached hydrogens (tertiary/aromatic N) is 1. The Bertz CT molecular complexity index is 514.